The lowest BCUT2D eigenvalue weighted by atomic mass is 10.0. The van der Waals surface area contributed by atoms with Crippen molar-refractivity contribution in [3.8, 4) is 0 Å². The summed E-state index contributed by atoms with van der Waals surface area (Å²) in [6, 6.07) is 11.4. The summed E-state index contributed by atoms with van der Waals surface area (Å²) in [5.41, 5.74) is 1.60. The van der Waals surface area contributed by atoms with E-state index in [4.69, 9.17) is 4.74 Å². The van der Waals surface area contributed by atoms with Crippen molar-refractivity contribution in [3.63, 3.8) is 0 Å². The third-order valence-electron chi connectivity index (χ3n) is 3.03. The normalized spacial score (nSPS) is 10.8. The number of ether oxygens (including phenoxy) is 1. The van der Waals surface area contributed by atoms with Crippen LogP contribution in [0, 0.1) is 5.82 Å². The number of para-hydroxylation sites is 1. The molecule has 0 spiro atoms. The van der Waals surface area contributed by atoms with E-state index in [1.54, 1.807) is 12.1 Å². The van der Waals surface area contributed by atoms with Crippen LogP contribution in [0.25, 0.3) is 21.8 Å². The molecule has 0 amide bonds. The number of aromatic nitrogens is 1. The summed E-state index contributed by atoms with van der Waals surface area (Å²) in [6.45, 7) is 0. The number of hydrogen-bond donors (Lipinski definition) is 0. The molecule has 0 aliphatic heterocycles. The van der Waals surface area contributed by atoms with Gasteiger partial charge in [0.2, 0.25) is 0 Å². The first-order chi connectivity index (χ1) is 9.20. The summed E-state index contributed by atoms with van der Waals surface area (Å²) in [5.74, 6) is -0.899. The Morgan fingerprint density at radius 2 is 1.84 bits per heavy atom. The number of fused-ring (bicyclic) bond motifs is 2. The summed E-state index contributed by atoms with van der Waals surface area (Å²) in [6.07, 6.45) is 0. The molecule has 3 nitrogen and oxygen atoms in total. The molecule has 94 valence electrons. The topological polar surface area (TPSA) is 39.2 Å². The van der Waals surface area contributed by atoms with Crippen LogP contribution in [0.4, 0.5) is 4.39 Å². The first kappa shape index (κ1) is 11.6. The van der Waals surface area contributed by atoms with Gasteiger partial charge in [-0.05, 0) is 24.3 Å². The fourth-order valence-corrected chi connectivity index (χ4v) is 2.19. The summed E-state index contributed by atoms with van der Waals surface area (Å²) >= 11 is 0. The van der Waals surface area contributed by atoms with E-state index in [1.165, 1.54) is 19.2 Å². The summed E-state index contributed by atoms with van der Waals surface area (Å²) in [7, 11) is 1.31. The lowest BCUT2D eigenvalue weighted by molar-refractivity contribution is 0.0605. The maximum atomic E-state index is 13.4. The van der Waals surface area contributed by atoms with E-state index >= 15 is 0 Å². The van der Waals surface area contributed by atoms with Gasteiger partial charge in [0.15, 0.2) is 0 Å². The molecular weight excluding hydrogens is 245 g/mol. The van der Waals surface area contributed by atoms with Crippen molar-refractivity contribution in [1.82, 2.24) is 4.98 Å². The highest BCUT2D eigenvalue weighted by Crippen LogP contribution is 2.27. The van der Waals surface area contributed by atoms with Gasteiger partial charge in [-0.25, -0.2) is 14.2 Å². The number of nitrogens with zero attached hydrogens (tertiary/aromatic N) is 1. The van der Waals surface area contributed by atoms with Gasteiger partial charge in [0, 0.05) is 10.8 Å². The number of rotatable bonds is 1. The molecular formula is C15H10FNO2. The van der Waals surface area contributed by atoms with Crippen molar-refractivity contribution in [2.24, 2.45) is 0 Å². The van der Waals surface area contributed by atoms with Gasteiger partial charge in [-0.2, -0.15) is 0 Å². The summed E-state index contributed by atoms with van der Waals surface area (Å²) in [5, 5.41) is 1.12. The highest BCUT2D eigenvalue weighted by Gasteiger charge is 2.16. The Labute approximate surface area is 108 Å². The second kappa shape index (κ2) is 4.31. The maximum absolute atomic E-state index is 13.4. The van der Waals surface area contributed by atoms with Gasteiger partial charge in [-0.15, -0.1) is 0 Å². The van der Waals surface area contributed by atoms with E-state index in [1.807, 2.05) is 18.2 Å². The zero-order chi connectivity index (χ0) is 13.4. The predicted octanol–water partition coefficient (Wildman–Crippen LogP) is 3.31. The van der Waals surface area contributed by atoms with Crippen molar-refractivity contribution in [3.05, 3.63) is 53.8 Å². The van der Waals surface area contributed by atoms with Crippen LogP contribution in [-0.4, -0.2) is 18.1 Å². The number of esters is 1. The molecule has 2 aromatic carbocycles. The van der Waals surface area contributed by atoms with Gasteiger partial charge in [-0.3, -0.25) is 0 Å². The molecule has 0 unspecified atom stereocenters. The lowest BCUT2D eigenvalue weighted by Gasteiger charge is -2.08. The van der Waals surface area contributed by atoms with Crippen LogP contribution < -0.4 is 0 Å². The average Bonchev–Trinajstić information content (AvgIpc) is 2.44. The molecule has 0 saturated heterocycles. The molecule has 0 fully saturated rings. The van der Waals surface area contributed by atoms with Crippen molar-refractivity contribution in [2.45, 2.75) is 0 Å². The Hall–Kier alpha value is -2.49. The van der Waals surface area contributed by atoms with Crippen LogP contribution in [0.15, 0.2) is 42.5 Å². The molecule has 4 heteroatoms. The molecule has 0 bridgehead atoms. The molecule has 0 aliphatic rings. The van der Waals surface area contributed by atoms with Gasteiger partial charge >= 0.3 is 5.97 Å². The molecule has 0 N–H and O–H groups in total. The Morgan fingerprint density at radius 1 is 1.11 bits per heavy atom. The van der Waals surface area contributed by atoms with E-state index in [0.717, 1.165) is 0 Å². The molecule has 1 aromatic heterocycles. The van der Waals surface area contributed by atoms with Crippen LogP contribution in [0.2, 0.25) is 0 Å². The highest BCUT2D eigenvalue weighted by atomic mass is 19.1. The van der Waals surface area contributed by atoms with Gasteiger partial charge in [-0.1, -0.05) is 18.2 Å². The van der Waals surface area contributed by atoms with Crippen LogP contribution in [0.5, 0.6) is 0 Å². The fourth-order valence-electron chi connectivity index (χ4n) is 2.19. The molecule has 3 rings (SSSR count). The minimum Gasteiger partial charge on any atom is -0.465 e. The van der Waals surface area contributed by atoms with E-state index < -0.39 is 11.8 Å². The Bertz CT molecular complexity index is 799. The van der Waals surface area contributed by atoms with Gasteiger partial charge < -0.3 is 4.74 Å². The molecule has 0 radical (unpaired) electrons. The predicted molar refractivity (Wildman–Crippen MR) is 70.5 cm³/mol. The second-order valence-corrected chi connectivity index (χ2v) is 4.16. The van der Waals surface area contributed by atoms with Crippen molar-refractivity contribution >= 4 is 27.8 Å². The lowest BCUT2D eigenvalue weighted by Crippen LogP contribution is -2.04. The molecule has 19 heavy (non-hydrogen) atoms. The van der Waals surface area contributed by atoms with Crippen molar-refractivity contribution < 1.29 is 13.9 Å². The van der Waals surface area contributed by atoms with E-state index in [9.17, 15) is 9.18 Å². The summed E-state index contributed by atoms with van der Waals surface area (Å²) in [4.78, 5) is 16.4. The monoisotopic (exact) mass is 255 g/mol. The highest BCUT2D eigenvalue weighted by molar-refractivity contribution is 6.14. The number of carbonyl (C=O) groups excluding carboxylic acids is 1. The summed E-state index contributed by atoms with van der Waals surface area (Å²) < 4.78 is 18.2. The number of halogens is 1. The first-order valence-corrected chi connectivity index (χ1v) is 5.77. The third kappa shape index (κ3) is 1.81. The van der Waals surface area contributed by atoms with Crippen LogP contribution in [0.3, 0.4) is 0 Å². The number of benzene rings is 2. The Balaban J connectivity index is 2.53. The molecule has 0 aliphatic carbocycles. The van der Waals surface area contributed by atoms with Gasteiger partial charge in [0.05, 0.1) is 23.7 Å². The molecule has 3 aromatic rings. The van der Waals surface area contributed by atoms with Crippen molar-refractivity contribution in [2.75, 3.05) is 7.11 Å². The number of hydrogen-bond acceptors (Lipinski definition) is 3. The SMILES string of the molecule is COC(=O)c1c2ccccc2nc2ccc(F)cc12. The van der Waals surface area contributed by atoms with E-state index in [0.29, 0.717) is 27.4 Å². The standard InChI is InChI=1S/C15H10FNO2/c1-19-15(18)14-10-4-2-3-5-12(10)17-13-7-6-9(16)8-11(13)14/h2-8H,1H3. The zero-order valence-electron chi connectivity index (χ0n) is 10.2. The average molecular weight is 255 g/mol. The van der Waals surface area contributed by atoms with Gasteiger partial charge in [0.25, 0.3) is 0 Å². The fraction of sp³-hybridized carbons (Fsp3) is 0.0667. The largest absolute Gasteiger partial charge is 0.465 e. The number of carbonyl (C=O) groups is 1. The zero-order valence-corrected chi connectivity index (χ0v) is 10.2. The maximum Gasteiger partial charge on any atom is 0.339 e. The van der Waals surface area contributed by atoms with E-state index in [2.05, 4.69) is 4.98 Å². The Morgan fingerprint density at radius 3 is 2.63 bits per heavy atom. The minimum atomic E-state index is -0.491. The third-order valence-corrected chi connectivity index (χ3v) is 3.03. The molecule has 0 atom stereocenters. The van der Waals surface area contributed by atoms with Crippen LogP contribution in [0.1, 0.15) is 10.4 Å². The van der Waals surface area contributed by atoms with Crippen LogP contribution >= 0.6 is 0 Å². The van der Waals surface area contributed by atoms with Crippen LogP contribution in [-0.2, 0) is 4.74 Å². The smallest absolute Gasteiger partial charge is 0.339 e. The van der Waals surface area contributed by atoms with Gasteiger partial charge in [0.1, 0.15) is 5.82 Å². The second-order valence-electron chi connectivity index (χ2n) is 4.16. The Kier molecular flexibility index (Phi) is 2.63. The number of methoxy groups -OCH3 is 1. The first-order valence-electron chi connectivity index (χ1n) is 5.77. The molecule has 0 saturated carbocycles. The van der Waals surface area contributed by atoms with Crippen molar-refractivity contribution in [1.29, 1.82) is 0 Å². The number of pyridine rings is 1. The quantitative estimate of drug-likeness (QED) is 0.494. The molecule has 1 heterocycles. The van der Waals surface area contributed by atoms with E-state index in [-0.39, 0.29) is 0 Å². The minimum absolute atomic E-state index is 0.350.